The van der Waals surface area contributed by atoms with Crippen LogP contribution in [-0.2, 0) is 16.2 Å². The molecule has 1 aliphatic rings. The van der Waals surface area contributed by atoms with Gasteiger partial charge in [0.05, 0.1) is 4.47 Å². The number of ether oxygens (including phenoxy) is 1. The number of halogens is 1. The number of benzene rings is 2. The number of rotatable bonds is 4. The number of hydrogen-bond donors (Lipinski definition) is 1. The monoisotopic (exact) mass is 447 g/mol. The first-order chi connectivity index (χ1) is 12.9. The molecule has 0 aromatic heterocycles. The normalized spacial score (nSPS) is 16.0. The first kappa shape index (κ1) is 19.4. The highest BCUT2D eigenvalue weighted by atomic mass is 79.9. The second-order valence-electron chi connectivity index (χ2n) is 5.88. The molecule has 6 nitrogen and oxygen atoms in total. The quantitative estimate of drug-likeness (QED) is 0.767. The predicted molar refractivity (Wildman–Crippen MR) is 109 cm³/mol. The molecule has 2 aromatic carbocycles. The third kappa shape index (κ3) is 4.90. The van der Waals surface area contributed by atoms with Gasteiger partial charge in [-0.3, -0.25) is 9.59 Å². The maximum atomic E-state index is 11.9. The highest BCUT2D eigenvalue weighted by molar-refractivity contribution is 9.10. The van der Waals surface area contributed by atoms with E-state index in [1.807, 2.05) is 48.5 Å². The maximum Gasteiger partial charge on any atom is 0.241 e. The van der Waals surface area contributed by atoms with Crippen LogP contribution < -0.4 is 10.1 Å². The van der Waals surface area contributed by atoms with Crippen molar-refractivity contribution in [2.75, 3.05) is 0 Å². The van der Waals surface area contributed by atoms with Crippen LogP contribution in [-0.4, -0.2) is 22.0 Å². The van der Waals surface area contributed by atoms with Crippen molar-refractivity contribution in [1.82, 2.24) is 10.3 Å². The van der Waals surface area contributed by atoms with E-state index in [1.165, 1.54) is 30.6 Å². The molecule has 0 bridgehead atoms. The first-order valence-corrected chi connectivity index (χ1v) is 9.90. The van der Waals surface area contributed by atoms with Crippen LogP contribution >= 0.6 is 27.7 Å². The number of nitrogens with zero attached hydrogens (tertiary/aromatic N) is 2. The molecule has 0 radical (unpaired) electrons. The topological polar surface area (TPSA) is 71.0 Å². The summed E-state index contributed by atoms with van der Waals surface area (Å²) in [4.78, 5) is 23.2. The Balaban J connectivity index is 1.74. The van der Waals surface area contributed by atoms with E-state index in [2.05, 4.69) is 26.3 Å². The smallest absolute Gasteiger partial charge is 0.241 e. The van der Waals surface area contributed by atoms with E-state index >= 15 is 0 Å². The van der Waals surface area contributed by atoms with E-state index < -0.39 is 0 Å². The van der Waals surface area contributed by atoms with E-state index in [0.717, 1.165) is 15.6 Å². The molecule has 1 unspecified atom stereocenters. The standard InChI is InChI=1S/C19H18BrN3O3S/c1-12(24)21-19-22-23(13(2)25)18(27-19)15-8-9-17(16(20)10-15)26-11-14-6-4-3-5-7-14/h3-10,18H,11H2,1-2H3,(H,21,22,24). The van der Waals surface area contributed by atoms with Crippen molar-refractivity contribution in [3.8, 4) is 5.75 Å². The molecular formula is C19H18BrN3O3S. The van der Waals surface area contributed by atoms with E-state index in [4.69, 9.17) is 4.74 Å². The molecule has 140 valence electrons. The van der Waals surface area contributed by atoms with Gasteiger partial charge in [0.1, 0.15) is 17.7 Å². The second kappa shape index (κ2) is 8.58. The molecule has 2 amide bonds. The Bertz CT molecular complexity index is 889. The summed E-state index contributed by atoms with van der Waals surface area (Å²) < 4.78 is 6.65. The summed E-state index contributed by atoms with van der Waals surface area (Å²) in [5, 5.41) is 8.26. The van der Waals surface area contributed by atoms with Crippen LogP contribution in [0.2, 0.25) is 0 Å². The number of amides is 2. The van der Waals surface area contributed by atoms with Gasteiger partial charge in [-0.05, 0) is 39.2 Å². The van der Waals surface area contributed by atoms with Crippen molar-refractivity contribution in [2.24, 2.45) is 5.10 Å². The zero-order valence-corrected chi connectivity index (χ0v) is 17.2. The predicted octanol–water partition coefficient (Wildman–Crippen LogP) is 4.03. The lowest BCUT2D eigenvalue weighted by Gasteiger charge is -2.20. The molecule has 8 heteroatoms. The lowest BCUT2D eigenvalue weighted by Crippen LogP contribution is -2.25. The highest BCUT2D eigenvalue weighted by Crippen LogP contribution is 2.41. The van der Waals surface area contributed by atoms with Gasteiger partial charge in [0.25, 0.3) is 0 Å². The second-order valence-corrected chi connectivity index (χ2v) is 7.81. The van der Waals surface area contributed by atoms with E-state index in [0.29, 0.717) is 17.5 Å². The van der Waals surface area contributed by atoms with Crippen molar-refractivity contribution in [1.29, 1.82) is 0 Å². The summed E-state index contributed by atoms with van der Waals surface area (Å²) in [6.07, 6.45) is 0. The summed E-state index contributed by atoms with van der Waals surface area (Å²) in [5.41, 5.74) is 1.95. The molecule has 0 saturated heterocycles. The fourth-order valence-corrected chi connectivity index (χ4v) is 4.14. The minimum atomic E-state index is -0.344. The van der Waals surface area contributed by atoms with Gasteiger partial charge < -0.3 is 10.1 Å². The summed E-state index contributed by atoms with van der Waals surface area (Å²) in [7, 11) is 0. The SMILES string of the molecule is CC(=O)NC1=NN(C(C)=O)C(c2ccc(OCc3ccccc3)c(Br)c2)S1. The Morgan fingerprint density at radius 2 is 1.96 bits per heavy atom. The molecule has 2 aromatic rings. The summed E-state index contributed by atoms with van der Waals surface area (Å²) in [6, 6.07) is 15.6. The molecule has 1 atom stereocenters. The van der Waals surface area contributed by atoms with Gasteiger partial charge >= 0.3 is 0 Å². The molecule has 27 heavy (non-hydrogen) atoms. The van der Waals surface area contributed by atoms with Crippen LogP contribution in [0.15, 0.2) is 58.1 Å². The van der Waals surface area contributed by atoms with Crippen molar-refractivity contribution in [2.45, 2.75) is 25.8 Å². The fourth-order valence-electron chi connectivity index (χ4n) is 2.50. The molecular weight excluding hydrogens is 430 g/mol. The summed E-state index contributed by atoms with van der Waals surface area (Å²) >= 11 is 4.85. The van der Waals surface area contributed by atoms with Gasteiger partial charge in [0.2, 0.25) is 11.8 Å². The minimum Gasteiger partial charge on any atom is -0.488 e. The zero-order valence-electron chi connectivity index (χ0n) is 14.8. The lowest BCUT2D eigenvalue weighted by molar-refractivity contribution is -0.129. The Labute approximate surface area is 170 Å². The number of hydrazone groups is 1. The number of thioether (sulfide) groups is 1. The van der Waals surface area contributed by atoms with Crippen LogP contribution in [0.1, 0.15) is 30.3 Å². The van der Waals surface area contributed by atoms with Crippen molar-refractivity contribution < 1.29 is 14.3 Å². The van der Waals surface area contributed by atoms with Gasteiger partial charge in [0, 0.05) is 13.8 Å². The minimum absolute atomic E-state index is 0.201. The molecule has 0 saturated carbocycles. The molecule has 0 fully saturated rings. The molecule has 3 rings (SSSR count). The largest absolute Gasteiger partial charge is 0.488 e. The van der Waals surface area contributed by atoms with Gasteiger partial charge in [-0.1, -0.05) is 48.2 Å². The lowest BCUT2D eigenvalue weighted by atomic mass is 10.2. The Hall–Kier alpha value is -2.32. The molecule has 0 aliphatic carbocycles. The number of amidine groups is 1. The highest BCUT2D eigenvalue weighted by Gasteiger charge is 2.32. The maximum absolute atomic E-state index is 11.9. The summed E-state index contributed by atoms with van der Waals surface area (Å²) in [6.45, 7) is 3.32. The zero-order chi connectivity index (χ0) is 19.4. The van der Waals surface area contributed by atoms with Crippen LogP contribution in [0.25, 0.3) is 0 Å². The van der Waals surface area contributed by atoms with Crippen molar-refractivity contribution in [3.63, 3.8) is 0 Å². The van der Waals surface area contributed by atoms with E-state index in [-0.39, 0.29) is 17.2 Å². The van der Waals surface area contributed by atoms with Crippen LogP contribution in [0.3, 0.4) is 0 Å². The third-order valence-electron chi connectivity index (χ3n) is 3.73. The molecule has 1 N–H and O–H groups in total. The van der Waals surface area contributed by atoms with Crippen LogP contribution in [0.4, 0.5) is 0 Å². The Morgan fingerprint density at radius 1 is 1.22 bits per heavy atom. The molecule has 1 aliphatic heterocycles. The number of hydrogen-bond acceptors (Lipinski definition) is 5. The Kier molecular flexibility index (Phi) is 6.18. The van der Waals surface area contributed by atoms with Crippen molar-refractivity contribution in [3.05, 3.63) is 64.1 Å². The average molecular weight is 448 g/mol. The van der Waals surface area contributed by atoms with Gasteiger partial charge in [-0.25, -0.2) is 5.01 Å². The average Bonchev–Trinajstić information content (AvgIpc) is 3.05. The van der Waals surface area contributed by atoms with E-state index in [9.17, 15) is 9.59 Å². The van der Waals surface area contributed by atoms with Crippen LogP contribution in [0, 0.1) is 0 Å². The van der Waals surface area contributed by atoms with E-state index in [1.54, 1.807) is 0 Å². The third-order valence-corrected chi connectivity index (χ3v) is 5.45. The number of nitrogens with one attached hydrogen (secondary N) is 1. The fraction of sp³-hybridized carbons (Fsp3) is 0.211. The van der Waals surface area contributed by atoms with Gasteiger partial charge in [-0.15, -0.1) is 5.10 Å². The van der Waals surface area contributed by atoms with Crippen LogP contribution in [0.5, 0.6) is 5.75 Å². The van der Waals surface area contributed by atoms with Gasteiger partial charge in [-0.2, -0.15) is 0 Å². The molecule has 0 spiro atoms. The van der Waals surface area contributed by atoms with Crippen molar-refractivity contribution >= 4 is 44.7 Å². The molecule has 1 heterocycles. The summed E-state index contributed by atoms with van der Waals surface area (Å²) in [5.74, 6) is 0.285. The van der Waals surface area contributed by atoms with Gasteiger partial charge in [0.15, 0.2) is 5.17 Å². The first-order valence-electron chi connectivity index (χ1n) is 8.23. The number of carbonyl (C=O) groups is 2. The Morgan fingerprint density at radius 3 is 2.59 bits per heavy atom. The number of carbonyl (C=O) groups excluding carboxylic acids is 2.